The van der Waals surface area contributed by atoms with Crippen LogP contribution < -0.4 is 4.90 Å². The first-order chi connectivity index (χ1) is 13.9. The highest BCUT2D eigenvalue weighted by Crippen LogP contribution is 2.46. The van der Waals surface area contributed by atoms with Crippen molar-refractivity contribution in [1.82, 2.24) is 14.9 Å². The third kappa shape index (κ3) is 4.00. The number of nitrogens with zero attached hydrogens (tertiary/aromatic N) is 4. The van der Waals surface area contributed by atoms with E-state index in [4.69, 9.17) is 0 Å². The van der Waals surface area contributed by atoms with Crippen LogP contribution in [0.15, 0.2) is 36.7 Å². The molecule has 154 valence electrons. The molecule has 0 bridgehead atoms. The number of aryl methyl sites for hydroxylation is 2. The Bertz CT molecular complexity index is 881. The van der Waals surface area contributed by atoms with E-state index in [1.165, 1.54) is 11.1 Å². The van der Waals surface area contributed by atoms with Gasteiger partial charge in [-0.05, 0) is 37.3 Å². The molecule has 2 aliphatic heterocycles. The Hall–Kier alpha value is -2.43. The van der Waals surface area contributed by atoms with Crippen LogP contribution in [0, 0.1) is 31.6 Å². The fourth-order valence-electron chi connectivity index (χ4n) is 4.97. The second-order valence-corrected chi connectivity index (χ2v) is 9.13. The molecule has 29 heavy (non-hydrogen) atoms. The lowest BCUT2D eigenvalue weighted by molar-refractivity contribution is -0.132. The molecule has 3 heterocycles. The van der Waals surface area contributed by atoms with E-state index in [0.717, 1.165) is 37.6 Å². The summed E-state index contributed by atoms with van der Waals surface area (Å²) in [5.41, 5.74) is 3.57. The van der Waals surface area contributed by atoms with Crippen molar-refractivity contribution in [3.63, 3.8) is 0 Å². The molecule has 0 unspecified atom stereocenters. The smallest absolute Gasteiger partial charge is 0.223 e. The average Bonchev–Trinajstić information content (AvgIpc) is 3.25. The Balaban J connectivity index is 1.61. The molecular formula is C24H32N4O. The number of rotatable bonds is 5. The van der Waals surface area contributed by atoms with E-state index in [9.17, 15) is 4.79 Å². The molecule has 0 radical (unpaired) electrons. The van der Waals surface area contributed by atoms with Gasteiger partial charge in [-0.3, -0.25) is 4.79 Å². The summed E-state index contributed by atoms with van der Waals surface area (Å²) in [6.07, 6.45) is 3.26. The standard InChI is InChI=1S/C24H32N4O/c1-16(2)9-10-23(29)28-13-19-12-27(22-11-18(4)25-15-26-22)14-21(19)24(28)20-8-6-5-7-17(20)3/h5-8,11,15-16,19,21,24H,9-10,12-14H2,1-4H3/t19-,21-,24+/m0/s1. The van der Waals surface area contributed by atoms with Crippen molar-refractivity contribution in [2.45, 2.75) is 46.6 Å². The molecule has 0 aliphatic carbocycles. The van der Waals surface area contributed by atoms with Gasteiger partial charge in [-0.1, -0.05) is 38.1 Å². The van der Waals surface area contributed by atoms with Crippen molar-refractivity contribution < 1.29 is 4.79 Å². The summed E-state index contributed by atoms with van der Waals surface area (Å²) in [7, 11) is 0. The number of benzene rings is 1. The van der Waals surface area contributed by atoms with Crippen molar-refractivity contribution in [3.8, 4) is 0 Å². The van der Waals surface area contributed by atoms with Crippen LogP contribution in [-0.2, 0) is 4.79 Å². The van der Waals surface area contributed by atoms with Gasteiger partial charge in [0.1, 0.15) is 12.1 Å². The van der Waals surface area contributed by atoms with Crippen molar-refractivity contribution >= 4 is 11.7 Å². The predicted octanol–water partition coefficient (Wildman–Crippen LogP) is 4.17. The summed E-state index contributed by atoms with van der Waals surface area (Å²) in [6.45, 7) is 11.3. The van der Waals surface area contributed by atoms with Gasteiger partial charge >= 0.3 is 0 Å². The van der Waals surface area contributed by atoms with Crippen LogP contribution >= 0.6 is 0 Å². The zero-order valence-corrected chi connectivity index (χ0v) is 18.0. The molecule has 2 fully saturated rings. The van der Waals surface area contributed by atoms with Crippen LogP contribution in [-0.4, -0.2) is 40.4 Å². The van der Waals surface area contributed by atoms with Gasteiger partial charge in [-0.2, -0.15) is 0 Å². The minimum absolute atomic E-state index is 0.161. The van der Waals surface area contributed by atoms with Crippen LogP contribution in [0.25, 0.3) is 0 Å². The minimum atomic E-state index is 0.161. The van der Waals surface area contributed by atoms with Crippen molar-refractivity contribution in [3.05, 3.63) is 53.5 Å². The summed E-state index contributed by atoms with van der Waals surface area (Å²) >= 11 is 0. The highest BCUT2D eigenvalue weighted by Gasteiger charge is 2.49. The van der Waals surface area contributed by atoms with Gasteiger partial charge in [0.25, 0.3) is 0 Å². The van der Waals surface area contributed by atoms with Crippen molar-refractivity contribution in [2.75, 3.05) is 24.5 Å². The van der Waals surface area contributed by atoms with Gasteiger partial charge in [-0.25, -0.2) is 9.97 Å². The molecule has 1 amide bonds. The number of carbonyl (C=O) groups is 1. The van der Waals surface area contributed by atoms with Gasteiger partial charge in [0, 0.05) is 49.7 Å². The summed E-state index contributed by atoms with van der Waals surface area (Å²) < 4.78 is 0. The number of likely N-dealkylation sites (tertiary alicyclic amines) is 1. The molecule has 4 rings (SSSR count). The van der Waals surface area contributed by atoms with Gasteiger partial charge in [0.15, 0.2) is 0 Å². The second-order valence-electron chi connectivity index (χ2n) is 9.13. The summed E-state index contributed by atoms with van der Waals surface area (Å²) in [5, 5.41) is 0. The number of anilines is 1. The van der Waals surface area contributed by atoms with Crippen molar-refractivity contribution in [2.24, 2.45) is 17.8 Å². The Morgan fingerprint density at radius 1 is 1.14 bits per heavy atom. The van der Waals surface area contributed by atoms with Crippen LogP contribution in [0.3, 0.4) is 0 Å². The predicted molar refractivity (Wildman–Crippen MR) is 116 cm³/mol. The van der Waals surface area contributed by atoms with Crippen LogP contribution in [0.2, 0.25) is 0 Å². The lowest BCUT2D eigenvalue weighted by Gasteiger charge is -2.31. The highest BCUT2D eigenvalue weighted by atomic mass is 16.2. The normalized spacial score (nSPS) is 23.7. The zero-order chi connectivity index (χ0) is 20.5. The number of aromatic nitrogens is 2. The quantitative estimate of drug-likeness (QED) is 0.766. The van der Waals surface area contributed by atoms with E-state index in [0.29, 0.717) is 30.1 Å². The topological polar surface area (TPSA) is 49.3 Å². The molecule has 2 saturated heterocycles. The molecule has 2 aromatic rings. The molecule has 0 saturated carbocycles. The maximum absolute atomic E-state index is 13.2. The largest absolute Gasteiger partial charge is 0.356 e. The molecule has 5 nitrogen and oxygen atoms in total. The van der Waals surface area contributed by atoms with E-state index < -0.39 is 0 Å². The molecular weight excluding hydrogens is 360 g/mol. The van der Waals surface area contributed by atoms with Crippen LogP contribution in [0.5, 0.6) is 0 Å². The monoisotopic (exact) mass is 392 g/mol. The lowest BCUT2D eigenvalue weighted by Crippen LogP contribution is -2.36. The first kappa shape index (κ1) is 19.9. The Morgan fingerprint density at radius 3 is 2.66 bits per heavy atom. The number of carbonyl (C=O) groups excluding carboxylic acids is 1. The van der Waals surface area contributed by atoms with E-state index in [-0.39, 0.29) is 6.04 Å². The SMILES string of the molecule is Cc1cc(N2C[C@H]3CN(C(=O)CCC(C)C)[C@H](c4ccccc4C)[C@H]3C2)ncn1. The number of amides is 1. The Kier molecular flexibility index (Phi) is 5.57. The second kappa shape index (κ2) is 8.13. The zero-order valence-electron chi connectivity index (χ0n) is 18.0. The molecule has 2 aliphatic rings. The van der Waals surface area contributed by atoms with Gasteiger partial charge in [0.05, 0.1) is 6.04 Å². The van der Waals surface area contributed by atoms with Crippen molar-refractivity contribution in [1.29, 1.82) is 0 Å². The molecule has 1 aromatic heterocycles. The third-order valence-electron chi connectivity index (χ3n) is 6.54. The van der Waals surface area contributed by atoms with E-state index >= 15 is 0 Å². The fraction of sp³-hybridized carbons (Fsp3) is 0.542. The average molecular weight is 393 g/mol. The van der Waals surface area contributed by atoms with Gasteiger partial charge in [0.2, 0.25) is 5.91 Å². The van der Waals surface area contributed by atoms with E-state index in [1.54, 1.807) is 6.33 Å². The fourth-order valence-corrected chi connectivity index (χ4v) is 4.97. The lowest BCUT2D eigenvalue weighted by atomic mass is 9.87. The first-order valence-electron chi connectivity index (χ1n) is 10.8. The van der Waals surface area contributed by atoms with Crippen LogP contribution in [0.4, 0.5) is 5.82 Å². The maximum atomic E-state index is 13.2. The molecule has 0 spiro atoms. The molecule has 0 N–H and O–H groups in total. The molecule has 3 atom stereocenters. The Labute approximate surface area is 174 Å². The highest BCUT2D eigenvalue weighted by molar-refractivity contribution is 5.77. The molecule has 1 aromatic carbocycles. The van der Waals surface area contributed by atoms with Gasteiger partial charge < -0.3 is 9.80 Å². The number of fused-ring (bicyclic) bond motifs is 1. The maximum Gasteiger partial charge on any atom is 0.223 e. The molecule has 5 heteroatoms. The summed E-state index contributed by atoms with van der Waals surface area (Å²) in [6, 6.07) is 10.8. The van der Waals surface area contributed by atoms with E-state index in [2.05, 4.69) is 70.9 Å². The van der Waals surface area contributed by atoms with Gasteiger partial charge in [-0.15, -0.1) is 0 Å². The number of hydrogen-bond acceptors (Lipinski definition) is 4. The van der Waals surface area contributed by atoms with E-state index in [1.807, 2.05) is 6.92 Å². The first-order valence-corrected chi connectivity index (χ1v) is 10.8. The third-order valence-corrected chi connectivity index (χ3v) is 6.54. The van der Waals surface area contributed by atoms with Crippen LogP contribution in [0.1, 0.15) is 49.6 Å². The minimum Gasteiger partial charge on any atom is -0.356 e. The summed E-state index contributed by atoms with van der Waals surface area (Å²) in [5.74, 6) is 2.79. The summed E-state index contributed by atoms with van der Waals surface area (Å²) in [4.78, 5) is 26.5. The number of hydrogen-bond donors (Lipinski definition) is 0. The Morgan fingerprint density at radius 2 is 1.93 bits per heavy atom.